The van der Waals surface area contributed by atoms with Crippen LogP contribution in [0.4, 0.5) is 5.13 Å². The summed E-state index contributed by atoms with van der Waals surface area (Å²) in [5.74, 6) is -0.619. The van der Waals surface area contributed by atoms with E-state index in [2.05, 4.69) is 15.0 Å². The van der Waals surface area contributed by atoms with Crippen LogP contribution in [0.5, 0.6) is 5.75 Å². The van der Waals surface area contributed by atoms with Crippen molar-refractivity contribution in [1.29, 1.82) is 0 Å². The minimum atomic E-state index is -0.383. The molecule has 1 aromatic heterocycles. The number of nitrogens with one attached hydrogen (secondary N) is 1. The highest BCUT2D eigenvalue weighted by atomic mass is 32.1. The van der Waals surface area contributed by atoms with Gasteiger partial charge in [-0.3, -0.25) is 14.9 Å². The van der Waals surface area contributed by atoms with Crippen molar-refractivity contribution in [2.24, 2.45) is 0 Å². The summed E-state index contributed by atoms with van der Waals surface area (Å²) in [6.07, 6.45) is 0.0715. The molecule has 7 heteroatoms. The molecule has 0 unspecified atom stereocenters. The van der Waals surface area contributed by atoms with Gasteiger partial charge in [-0.2, -0.15) is 0 Å². The number of phenols is 1. The lowest BCUT2D eigenvalue weighted by Gasteiger charge is -2.01. The van der Waals surface area contributed by atoms with Gasteiger partial charge in [-0.15, -0.1) is 11.3 Å². The third kappa shape index (κ3) is 3.55. The lowest BCUT2D eigenvalue weighted by molar-refractivity contribution is -0.139. The third-order valence-corrected chi connectivity index (χ3v) is 3.26. The molecule has 0 fully saturated rings. The molecule has 1 aromatic carbocycles. The minimum absolute atomic E-state index is 0.0715. The Bertz CT molecular complexity index is 622. The number of rotatable bonds is 4. The highest BCUT2D eigenvalue weighted by Gasteiger charge is 2.11. The summed E-state index contributed by atoms with van der Waals surface area (Å²) >= 11 is 1.23. The van der Waals surface area contributed by atoms with Gasteiger partial charge in [0.05, 0.1) is 19.2 Å². The molecular weight excluding hydrogens is 280 g/mol. The second-order valence-corrected chi connectivity index (χ2v) is 4.76. The van der Waals surface area contributed by atoms with Crippen LogP contribution in [-0.2, 0) is 16.0 Å². The average Bonchev–Trinajstić information content (AvgIpc) is 2.86. The molecule has 1 heterocycles. The third-order valence-electron chi connectivity index (χ3n) is 2.45. The summed E-state index contributed by atoms with van der Waals surface area (Å²) < 4.78 is 4.54. The summed E-state index contributed by atoms with van der Waals surface area (Å²) in [4.78, 5) is 27.1. The second-order valence-electron chi connectivity index (χ2n) is 3.90. The first kappa shape index (κ1) is 14.0. The SMILES string of the molecule is COC(=O)Cc1csc(NC(=O)c2ccc(O)cc2)n1. The van der Waals surface area contributed by atoms with Crippen LogP contribution >= 0.6 is 11.3 Å². The predicted octanol–water partition coefficient (Wildman–Crippen LogP) is 1.82. The van der Waals surface area contributed by atoms with Crippen molar-refractivity contribution in [2.75, 3.05) is 12.4 Å². The number of hydrogen-bond acceptors (Lipinski definition) is 6. The molecule has 0 atom stereocenters. The number of nitrogens with zero attached hydrogens (tertiary/aromatic N) is 1. The summed E-state index contributed by atoms with van der Waals surface area (Å²) in [7, 11) is 1.31. The Morgan fingerprint density at radius 2 is 2.05 bits per heavy atom. The molecule has 0 aliphatic rings. The second kappa shape index (κ2) is 6.16. The van der Waals surface area contributed by atoms with Crippen molar-refractivity contribution < 1.29 is 19.4 Å². The lowest BCUT2D eigenvalue weighted by Crippen LogP contribution is -2.11. The first-order chi connectivity index (χ1) is 9.58. The first-order valence-electron chi connectivity index (χ1n) is 5.70. The van der Waals surface area contributed by atoms with Gasteiger partial charge in [0.1, 0.15) is 5.75 Å². The van der Waals surface area contributed by atoms with Gasteiger partial charge in [-0.05, 0) is 24.3 Å². The van der Waals surface area contributed by atoms with Crippen molar-refractivity contribution in [3.63, 3.8) is 0 Å². The largest absolute Gasteiger partial charge is 0.508 e. The number of benzene rings is 1. The number of aromatic nitrogens is 1. The number of aromatic hydroxyl groups is 1. The van der Waals surface area contributed by atoms with Crippen LogP contribution in [0.2, 0.25) is 0 Å². The zero-order valence-corrected chi connectivity index (χ0v) is 11.4. The fraction of sp³-hybridized carbons (Fsp3) is 0.154. The molecule has 20 heavy (non-hydrogen) atoms. The molecule has 6 nitrogen and oxygen atoms in total. The Hall–Kier alpha value is -2.41. The Balaban J connectivity index is 2.01. The van der Waals surface area contributed by atoms with Crippen molar-refractivity contribution in [1.82, 2.24) is 4.98 Å². The Labute approximate surface area is 119 Å². The van der Waals surface area contributed by atoms with Gasteiger partial charge in [0, 0.05) is 10.9 Å². The van der Waals surface area contributed by atoms with Gasteiger partial charge in [-0.25, -0.2) is 4.98 Å². The van der Waals surface area contributed by atoms with Crippen LogP contribution in [0.25, 0.3) is 0 Å². The molecule has 0 saturated carbocycles. The molecule has 0 spiro atoms. The lowest BCUT2D eigenvalue weighted by atomic mass is 10.2. The van der Waals surface area contributed by atoms with E-state index in [-0.39, 0.29) is 24.0 Å². The van der Waals surface area contributed by atoms with Gasteiger partial charge in [0.2, 0.25) is 0 Å². The zero-order valence-electron chi connectivity index (χ0n) is 10.6. The number of methoxy groups -OCH3 is 1. The minimum Gasteiger partial charge on any atom is -0.508 e. The number of carbonyl (C=O) groups excluding carboxylic acids is 2. The van der Waals surface area contributed by atoms with Crippen LogP contribution in [0, 0.1) is 0 Å². The summed E-state index contributed by atoms with van der Waals surface area (Å²) in [5.41, 5.74) is 0.954. The summed E-state index contributed by atoms with van der Waals surface area (Å²) in [6.45, 7) is 0. The summed E-state index contributed by atoms with van der Waals surface area (Å²) in [6, 6.07) is 5.88. The number of phenolic OH excluding ortho intramolecular Hbond substituents is 1. The van der Waals surface area contributed by atoms with Gasteiger partial charge in [0.15, 0.2) is 5.13 Å². The molecule has 2 N–H and O–H groups in total. The monoisotopic (exact) mass is 292 g/mol. The van der Waals surface area contributed by atoms with E-state index in [4.69, 9.17) is 5.11 Å². The van der Waals surface area contributed by atoms with Crippen LogP contribution in [-0.4, -0.2) is 29.1 Å². The number of amides is 1. The number of anilines is 1. The molecule has 0 aliphatic carbocycles. The fourth-order valence-electron chi connectivity index (χ4n) is 1.45. The quantitative estimate of drug-likeness (QED) is 0.839. The molecule has 0 aliphatic heterocycles. The van der Waals surface area contributed by atoms with Crippen LogP contribution < -0.4 is 5.32 Å². The Morgan fingerprint density at radius 1 is 1.35 bits per heavy atom. The number of ether oxygens (including phenoxy) is 1. The number of thiazole rings is 1. The van der Waals surface area contributed by atoms with Crippen LogP contribution in [0.15, 0.2) is 29.6 Å². The average molecular weight is 292 g/mol. The van der Waals surface area contributed by atoms with E-state index in [0.29, 0.717) is 16.4 Å². The van der Waals surface area contributed by atoms with Crippen molar-refractivity contribution >= 4 is 28.3 Å². The molecule has 2 aromatic rings. The van der Waals surface area contributed by atoms with Gasteiger partial charge >= 0.3 is 5.97 Å². The molecule has 0 radical (unpaired) electrons. The molecular formula is C13H12N2O4S. The van der Waals surface area contributed by atoms with E-state index in [1.54, 1.807) is 5.38 Å². The van der Waals surface area contributed by atoms with E-state index < -0.39 is 0 Å². The molecule has 104 valence electrons. The maximum atomic E-state index is 11.9. The summed E-state index contributed by atoms with van der Waals surface area (Å²) in [5, 5.41) is 13.9. The maximum Gasteiger partial charge on any atom is 0.311 e. The first-order valence-corrected chi connectivity index (χ1v) is 6.58. The van der Waals surface area contributed by atoms with E-state index in [1.807, 2.05) is 0 Å². The van der Waals surface area contributed by atoms with Crippen LogP contribution in [0.3, 0.4) is 0 Å². The highest BCUT2D eigenvalue weighted by Crippen LogP contribution is 2.18. The van der Waals surface area contributed by atoms with Crippen LogP contribution in [0.1, 0.15) is 16.1 Å². The highest BCUT2D eigenvalue weighted by molar-refractivity contribution is 7.14. The van der Waals surface area contributed by atoms with E-state index >= 15 is 0 Å². The smallest absolute Gasteiger partial charge is 0.311 e. The number of esters is 1. The molecule has 0 saturated heterocycles. The Morgan fingerprint density at radius 3 is 2.70 bits per heavy atom. The van der Waals surface area contributed by atoms with Crippen molar-refractivity contribution in [2.45, 2.75) is 6.42 Å². The molecule has 1 amide bonds. The Kier molecular flexibility index (Phi) is 4.31. The van der Waals surface area contributed by atoms with E-state index in [0.717, 1.165) is 0 Å². The van der Waals surface area contributed by atoms with E-state index in [1.165, 1.54) is 42.7 Å². The molecule has 2 rings (SSSR count). The van der Waals surface area contributed by atoms with Gasteiger partial charge in [0.25, 0.3) is 5.91 Å². The normalized spacial score (nSPS) is 10.1. The number of carbonyl (C=O) groups is 2. The topological polar surface area (TPSA) is 88.5 Å². The number of hydrogen-bond donors (Lipinski definition) is 2. The maximum absolute atomic E-state index is 11.9. The van der Waals surface area contributed by atoms with Crippen molar-refractivity contribution in [3.8, 4) is 5.75 Å². The van der Waals surface area contributed by atoms with E-state index in [9.17, 15) is 9.59 Å². The van der Waals surface area contributed by atoms with Crippen molar-refractivity contribution in [3.05, 3.63) is 40.9 Å². The van der Waals surface area contributed by atoms with Gasteiger partial charge < -0.3 is 9.84 Å². The predicted molar refractivity (Wildman–Crippen MR) is 73.9 cm³/mol. The molecule has 0 bridgehead atoms. The zero-order chi connectivity index (χ0) is 14.5. The van der Waals surface area contributed by atoms with Gasteiger partial charge in [-0.1, -0.05) is 0 Å². The standard InChI is InChI=1S/C13H12N2O4S/c1-19-11(17)6-9-7-20-13(14-9)15-12(18)8-2-4-10(16)5-3-8/h2-5,7,16H,6H2,1H3,(H,14,15,18). The fourth-order valence-corrected chi connectivity index (χ4v) is 2.15.